The normalized spacial score (nSPS) is 11.2. The molecule has 0 fully saturated rings. The Labute approximate surface area is 191 Å². The maximum atomic E-state index is 6.06. The van der Waals surface area contributed by atoms with Gasteiger partial charge in [-0.15, -0.1) is 5.10 Å². The summed E-state index contributed by atoms with van der Waals surface area (Å²) in [6.45, 7) is 5.25. The fraction of sp³-hybridized carbons (Fsp3) is 0.200. The first-order chi connectivity index (χ1) is 16.0. The summed E-state index contributed by atoms with van der Waals surface area (Å²) >= 11 is 0. The lowest BCUT2D eigenvalue weighted by molar-refractivity contribution is 0.304. The molecule has 5 rings (SSSR count). The van der Waals surface area contributed by atoms with E-state index in [1.165, 1.54) is 11.1 Å². The van der Waals surface area contributed by atoms with E-state index in [-0.39, 0.29) is 0 Å². The fourth-order valence-electron chi connectivity index (χ4n) is 4.16. The highest BCUT2D eigenvalue weighted by Crippen LogP contribution is 2.28. The van der Waals surface area contributed by atoms with Crippen LogP contribution in [-0.2, 0) is 20.2 Å². The number of nitrogens with zero attached hydrogens (tertiary/aromatic N) is 5. The van der Waals surface area contributed by atoms with E-state index in [2.05, 4.69) is 57.6 Å². The molecule has 166 valence electrons. The third kappa shape index (κ3) is 4.03. The van der Waals surface area contributed by atoms with Gasteiger partial charge in [-0.3, -0.25) is 4.68 Å². The Morgan fingerprint density at radius 1 is 1.06 bits per heavy atom. The highest BCUT2D eigenvalue weighted by Gasteiger charge is 2.11. The Hall–Kier alpha value is -4.20. The molecule has 33 heavy (non-hydrogen) atoms. The summed E-state index contributed by atoms with van der Waals surface area (Å²) in [6.07, 6.45) is 5.22. The number of hydrogen-bond acceptors (Lipinski definition) is 7. The van der Waals surface area contributed by atoms with E-state index in [4.69, 9.17) is 10.5 Å². The molecule has 2 aromatic carbocycles. The number of nitrogen functional groups attached to an aromatic ring is 1. The van der Waals surface area contributed by atoms with Crippen LogP contribution in [0, 0.1) is 13.8 Å². The van der Waals surface area contributed by atoms with Gasteiger partial charge in [0, 0.05) is 36.6 Å². The summed E-state index contributed by atoms with van der Waals surface area (Å²) in [6, 6.07) is 12.1. The van der Waals surface area contributed by atoms with Crippen molar-refractivity contribution in [2.75, 3.05) is 11.1 Å². The number of benzene rings is 2. The molecule has 8 heteroatoms. The van der Waals surface area contributed by atoms with Gasteiger partial charge in [-0.25, -0.2) is 4.98 Å². The zero-order valence-corrected chi connectivity index (χ0v) is 18.8. The number of aromatic nitrogens is 5. The van der Waals surface area contributed by atoms with Crippen molar-refractivity contribution in [1.29, 1.82) is 0 Å². The highest BCUT2D eigenvalue weighted by atomic mass is 16.5. The van der Waals surface area contributed by atoms with Gasteiger partial charge in [-0.05, 0) is 65.8 Å². The predicted molar refractivity (Wildman–Crippen MR) is 130 cm³/mol. The van der Waals surface area contributed by atoms with Crippen LogP contribution in [0.4, 0.5) is 11.6 Å². The lowest BCUT2D eigenvalue weighted by atomic mass is 9.96. The second-order valence-electron chi connectivity index (χ2n) is 8.17. The molecule has 0 atom stereocenters. The van der Waals surface area contributed by atoms with Gasteiger partial charge in [0.25, 0.3) is 0 Å². The zero-order chi connectivity index (χ0) is 22.9. The van der Waals surface area contributed by atoms with Crippen molar-refractivity contribution in [1.82, 2.24) is 25.0 Å². The van der Waals surface area contributed by atoms with Crippen LogP contribution >= 0.6 is 0 Å². The SMILES string of the molecule is Cc1cc2c(N)nccc2c(C)c1CNc1cc(OCc2ccc3c(cnn3C)c2)cnn1. The molecule has 5 aromatic rings. The number of pyridine rings is 1. The number of ether oxygens (including phenoxy) is 1. The summed E-state index contributed by atoms with van der Waals surface area (Å²) in [4.78, 5) is 4.20. The summed E-state index contributed by atoms with van der Waals surface area (Å²) in [5.41, 5.74) is 11.8. The van der Waals surface area contributed by atoms with E-state index in [0.717, 1.165) is 32.8 Å². The number of nitrogens with one attached hydrogen (secondary N) is 1. The summed E-state index contributed by atoms with van der Waals surface area (Å²) in [7, 11) is 1.93. The Morgan fingerprint density at radius 2 is 1.94 bits per heavy atom. The predicted octanol–water partition coefficient (Wildman–Crippen LogP) is 4.30. The van der Waals surface area contributed by atoms with Crippen LogP contribution in [0.2, 0.25) is 0 Å². The van der Waals surface area contributed by atoms with Gasteiger partial charge in [0.2, 0.25) is 0 Å². The second-order valence-corrected chi connectivity index (χ2v) is 8.17. The monoisotopic (exact) mass is 439 g/mol. The van der Waals surface area contributed by atoms with Crippen LogP contribution in [-0.4, -0.2) is 25.0 Å². The molecule has 0 aliphatic heterocycles. The molecule has 0 amide bonds. The van der Waals surface area contributed by atoms with Gasteiger partial charge >= 0.3 is 0 Å². The van der Waals surface area contributed by atoms with Gasteiger partial charge in [0.05, 0.1) is 17.9 Å². The van der Waals surface area contributed by atoms with Crippen LogP contribution in [0.15, 0.2) is 55.0 Å². The number of hydrogen-bond donors (Lipinski definition) is 2. The standard InChI is InChI=1S/C25H25N7O/c1-15-8-21-20(6-7-27-25(21)26)16(2)22(15)13-28-24-10-19(12-29-31-24)33-14-17-4-5-23-18(9-17)11-30-32(23)3/h4-12H,13-14H2,1-3H3,(H2,26,27)(H,28,31). The molecule has 3 N–H and O–H groups in total. The minimum Gasteiger partial charge on any atom is -0.487 e. The topological polar surface area (TPSA) is 104 Å². The van der Waals surface area contributed by atoms with Crippen LogP contribution in [0.25, 0.3) is 21.7 Å². The number of aryl methyl sites for hydroxylation is 3. The van der Waals surface area contributed by atoms with E-state index in [1.54, 1.807) is 12.4 Å². The van der Waals surface area contributed by atoms with E-state index in [1.807, 2.05) is 36.1 Å². The maximum Gasteiger partial charge on any atom is 0.152 e. The van der Waals surface area contributed by atoms with Crippen molar-refractivity contribution in [2.24, 2.45) is 7.05 Å². The molecule has 0 aliphatic carbocycles. The van der Waals surface area contributed by atoms with Gasteiger partial charge in [0.15, 0.2) is 5.82 Å². The molecule has 0 saturated carbocycles. The van der Waals surface area contributed by atoms with E-state index >= 15 is 0 Å². The third-order valence-corrected chi connectivity index (χ3v) is 6.01. The first-order valence-corrected chi connectivity index (χ1v) is 10.7. The van der Waals surface area contributed by atoms with Crippen molar-refractivity contribution in [2.45, 2.75) is 27.0 Å². The van der Waals surface area contributed by atoms with Crippen molar-refractivity contribution in [3.63, 3.8) is 0 Å². The van der Waals surface area contributed by atoms with E-state index in [0.29, 0.717) is 30.5 Å². The molecule has 8 nitrogen and oxygen atoms in total. The molecular weight excluding hydrogens is 414 g/mol. The van der Waals surface area contributed by atoms with Crippen LogP contribution in [0.5, 0.6) is 5.75 Å². The molecular formula is C25H25N7O. The number of anilines is 2. The van der Waals surface area contributed by atoms with Crippen LogP contribution in [0.3, 0.4) is 0 Å². The van der Waals surface area contributed by atoms with Gasteiger partial charge < -0.3 is 15.8 Å². The van der Waals surface area contributed by atoms with E-state index < -0.39 is 0 Å². The molecule has 0 unspecified atom stereocenters. The minimum atomic E-state index is 0.439. The summed E-state index contributed by atoms with van der Waals surface area (Å²) in [5, 5.41) is 19.1. The number of fused-ring (bicyclic) bond motifs is 2. The fourth-order valence-corrected chi connectivity index (χ4v) is 4.16. The first-order valence-electron chi connectivity index (χ1n) is 10.7. The lowest BCUT2D eigenvalue weighted by Gasteiger charge is -2.15. The Morgan fingerprint density at radius 3 is 2.82 bits per heavy atom. The minimum absolute atomic E-state index is 0.439. The second kappa shape index (κ2) is 8.38. The van der Waals surface area contributed by atoms with Crippen molar-refractivity contribution in [3.8, 4) is 5.75 Å². The maximum absolute atomic E-state index is 6.06. The highest BCUT2D eigenvalue weighted by molar-refractivity contribution is 5.94. The molecule has 0 aliphatic rings. The molecule has 0 saturated heterocycles. The van der Waals surface area contributed by atoms with Gasteiger partial charge in [0.1, 0.15) is 18.2 Å². The molecule has 3 heterocycles. The lowest BCUT2D eigenvalue weighted by Crippen LogP contribution is -2.07. The van der Waals surface area contributed by atoms with Crippen molar-refractivity contribution >= 4 is 33.3 Å². The van der Waals surface area contributed by atoms with E-state index in [9.17, 15) is 0 Å². The molecule has 3 aromatic heterocycles. The van der Waals surface area contributed by atoms with Crippen LogP contribution < -0.4 is 15.8 Å². The Bertz CT molecular complexity index is 1480. The molecule has 0 radical (unpaired) electrons. The Kier molecular flexibility index (Phi) is 5.26. The van der Waals surface area contributed by atoms with Crippen molar-refractivity contribution < 1.29 is 4.74 Å². The summed E-state index contributed by atoms with van der Waals surface area (Å²) < 4.78 is 7.82. The smallest absolute Gasteiger partial charge is 0.152 e. The van der Waals surface area contributed by atoms with Gasteiger partial charge in [-0.1, -0.05) is 6.07 Å². The molecule has 0 bridgehead atoms. The third-order valence-electron chi connectivity index (χ3n) is 6.01. The average Bonchev–Trinajstić information content (AvgIpc) is 3.19. The van der Waals surface area contributed by atoms with Crippen molar-refractivity contribution in [3.05, 3.63) is 77.2 Å². The average molecular weight is 440 g/mol. The Balaban J connectivity index is 1.29. The zero-order valence-electron chi connectivity index (χ0n) is 18.8. The first kappa shape index (κ1) is 20.7. The summed E-state index contributed by atoms with van der Waals surface area (Å²) in [5.74, 6) is 1.87. The molecule has 0 spiro atoms. The quantitative estimate of drug-likeness (QED) is 0.406. The largest absolute Gasteiger partial charge is 0.487 e. The number of nitrogens with two attached hydrogens (primary N) is 1. The van der Waals surface area contributed by atoms with Gasteiger partial charge in [-0.2, -0.15) is 10.2 Å². The van der Waals surface area contributed by atoms with Crippen LogP contribution in [0.1, 0.15) is 22.3 Å². The number of rotatable bonds is 6.